The van der Waals surface area contributed by atoms with Gasteiger partial charge in [0.1, 0.15) is 6.10 Å². The van der Waals surface area contributed by atoms with Crippen molar-refractivity contribution < 1.29 is 14.7 Å². The second kappa shape index (κ2) is 9.18. The normalized spacial score (nSPS) is 11.8. The predicted molar refractivity (Wildman–Crippen MR) is 112 cm³/mol. The lowest BCUT2D eigenvalue weighted by molar-refractivity contribution is -0.136. The van der Waals surface area contributed by atoms with Crippen LogP contribution in [-0.4, -0.2) is 29.7 Å². The van der Waals surface area contributed by atoms with Gasteiger partial charge in [-0.3, -0.25) is 9.59 Å². The third-order valence-electron chi connectivity index (χ3n) is 3.74. The number of anilines is 1. The quantitative estimate of drug-likeness (QED) is 0.418. The van der Waals surface area contributed by atoms with E-state index >= 15 is 0 Å². The summed E-state index contributed by atoms with van der Waals surface area (Å²) in [5.41, 5.74) is 0.588. The lowest BCUT2D eigenvalue weighted by Crippen LogP contribution is -2.37. The van der Waals surface area contributed by atoms with E-state index in [9.17, 15) is 14.7 Å². The van der Waals surface area contributed by atoms with E-state index < -0.39 is 17.9 Å². The highest BCUT2D eigenvalue weighted by molar-refractivity contribution is 7.98. The molecule has 0 spiro atoms. The number of carbonyl (C=O) groups is 2. The molecule has 1 unspecified atom stereocenters. The van der Waals surface area contributed by atoms with Crippen LogP contribution in [0.1, 0.15) is 11.0 Å². The Bertz CT molecular complexity index is 922. The monoisotopic (exact) mass is 418 g/mol. The number of thiophene rings is 2. The maximum atomic E-state index is 12.1. The first-order valence-electron chi connectivity index (χ1n) is 8.12. The van der Waals surface area contributed by atoms with Crippen LogP contribution in [0.5, 0.6) is 0 Å². The highest BCUT2D eigenvalue weighted by atomic mass is 32.2. The lowest BCUT2D eigenvalue weighted by atomic mass is 10.2. The highest BCUT2D eigenvalue weighted by Gasteiger charge is 2.18. The van der Waals surface area contributed by atoms with Gasteiger partial charge in [-0.1, -0.05) is 18.2 Å². The van der Waals surface area contributed by atoms with Crippen molar-refractivity contribution in [2.75, 3.05) is 18.1 Å². The van der Waals surface area contributed by atoms with Gasteiger partial charge in [0.05, 0.1) is 5.69 Å². The molecule has 5 nitrogen and oxygen atoms in total. The topological polar surface area (TPSA) is 78.4 Å². The molecule has 3 aromatic rings. The number of carbonyl (C=O) groups excluding carboxylic acids is 2. The SMILES string of the molecule is CSc1ccccc1NC(=O)C(=O)NCC(O)c1ccc(-c2cccs2)s1. The van der Waals surface area contributed by atoms with Crippen molar-refractivity contribution in [3.8, 4) is 9.75 Å². The molecule has 0 saturated heterocycles. The van der Waals surface area contributed by atoms with Crippen LogP contribution in [-0.2, 0) is 9.59 Å². The molecule has 140 valence electrons. The molecule has 0 aliphatic rings. The zero-order valence-electron chi connectivity index (χ0n) is 14.5. The lowest BCUT2D eigenvalue weighted by Gasteiger charge is -2.11. The van der Waals surface area contributed by atoms with E-state index in [-0.39, 0.29) is 6.54 Å². The van der Waals surface area contributed by atoms with Crippen molar-refractivity contribution in [3.63, 3.8) is 0 Å². The Kier molecular flexibility index (Phi) is 6.68. The molecule has 0 aliphatic carbocycles. The van der Waals surface area contributed by atoms with Crippen molar-refractivity contribution in [3.05, 3.63) is 58.8 Å². The number of thioether (sulfide) groups is 1. The summed E-state index contributed by atoms with van der Waals surface area (Å²) >= 11 is 4.59. The van der Waals surface area contributed by atoms with Crippen molar-refractivity contribution in [1.29, 1.82) is 0 Å². The smallest absolute Gasteiger partial charge is 0.313 e. The first-order valence-corrected chi connectivity index (χ1v) is 11.0. The van der Waals surface area contributed by atoms with Gasteiger partial charge in [-0.2, -0.15) is 0 Å². The van der Waals surface area contributed by atoms with Gasteiger partial charge in [0.2, 0.25) is 0 Å². The van der Waals surface area contributed by atoms with Crippen LogP contribution in [0.4, 0.5) is 5.69 Å². The number of amides is 2. The van der Waals surface area contributed by atoms with Gasteiger partial charge in [-0.15, -0.1) is 34.4 Å². The largest absolute Gasteiger partial charge is 0.386 e. The fourth-order valence-corrected chi connectivity index (χ4v) is 4.76. The third kappa shape index (κ3) is 4.98. The van der Waals surface area contributed by atoms with Gasteiger partial charge in [0.15, 0.2) is 0 Å². The van der Waals surface area contributed by atoms with E-state index in [4.69, 9.17) is 0 Å². The van der Waals surface area contributed by atoms with Crippen LogP contribution in [0.15, 0.2) is 58.8 Å². The molecule has 27 heavy (non-hydrogen) atoms. The van der Waals surface area contributed by atoms with Crippen LogP contribution in [0.25, 0.3) is 9.75 Å². The number of nitrogens with one attached hydrogen (secondary N) is 2. The Morgan fingerprint density at radius 2 is 1.89 bits per heavy atom. The van der Waals surface area contributed by atoms with Gasteiger partial charge in [-0.05, 0) is 42.0 Å². The summed E-state index contributed by atoms with van der Waals surface area (Å²) in [6, 6.07) is 15.0. The van der Waals surface area contributed by atoms with E-state index in [0.29, 0.717) is 5.69 Å². The first-order chi connectivity index (χ1) is 13.1. The third-order valence-corrected chi connectivity index (χ3v) is 6.78. The van der Waals surface area contributed by atoms with E-state index in [1.165, 1.54) is 23.1 Å². The molecule has 1 atom stereocenters. The molecule has 8 heteroatoms. The van der Waals surface area contributed by atoms with Crippen molar-refractivity contribution >= 4 is 51.9 Å². The molecule has 3 rings (SSSR count). The standard InChI is InChI=1S/C19H18N2O3S3/c1-25-14-6-3-2-5-12(14)21-19(24)18(23)20-11-13(22)15-8-9-17(27-15)16-7-4-10-26-16/h2-10,13,22H,11H2,1H3,(H,20,23)(H,21,24). The predicted octanol–water partition coefficient (Wildman–Crippen LogP) is 3.99. The molecule has 2 amide bonds. The average molecular weight is 419 g/mol. The van der Waals surface area contributed by atoms with Gasteiger partial charge in [-0.25, -0.2) is 0 Å². The molecular weight excluding hydrogens is 400 g/mol. The number of hydrogen-bond donors (Lipinski definition) is 3. The Morgan fingerprint density at radius 3 is 2.63 bits per heavy atom. The number of aliphatic hydroxyl groups excluding tert-OH is 1. The molecule has 0 bridgehead atoms. The molecule has 0 aliphatic heterocycles. The van der Waals surface area contributed by atoms with Crippen molar-refractivity contribution in [2.24, 2.45) is 0 Å². The van der Waals surface area contributed by atoms with Gasteiger partial charge >= 0.3 is 11.8 Å². The summed E-state index contributed by atoms with van der Waals surface area (Å²) in [6.45, 7) is -0.0270. The number of para-hydroxylation sites is 1. The Hall–Kier alpha value is -2.13. The minimum atomic E-state index is -0.862. The Morgan fingerprint density at radius 1 is 1.07 bits per heavy atom. The number of aliphatic hydroxyl groups is 1. The van der Waals surface area contributed by atoms with Crippen LogP contribution in [0.2, 0.25) is 0 Å². The molecule has 0 fully saturated rings. The average Bonchev–Trinajstić information content (AvgIpc) is 3.37. The summed E-state index contributed by atoms with van der Waals surface area (Å²) in [6.07, 6.45) is 1.03. The number of hydrogen-bond acceptors (Lipinski definition) is 6. The van der Waals surface area contributed by atoms with Gasteiger partial charge < -0.3 is 15.7 Å². The summed E-state index contributed by atoms with van der Waals surface area (Å²) in [5.74, 6) is -1.53. The zero-order chi connectivity index (χ0) is 19.2. The Balaban J connectivity index is 1.54. The second-order valence-corrected chi connectivity index (χ2v) is 8.47. The van der Waals surface area contributed by atoms with E-state index in [0.717, 1.165) is 19.5 Å². The summed E-state index contributed by atoms with van der Waals surface area (Å²) in [7, 11) is 0. The van der Waals surface area contributed by atoms with Crippen molar-refractivity contribution in [2.45, 2.75) is 11.0 Å². The van der Waals surface area contributed by atoms with Crippen LogP contribution in [0.3, 0.4) is 0 Å². The molecule has 0 radical (unpaired) electrons. The zero-order valence-corrected chi connectivity index (χ0v) is 16.9. The van der Waals surface area contributed by atoms with Crippen LogP contribution < -0.4 is 10.6 Å². The fraction of sp³-hybridized carbons (Fsp3) is 0.158. The number of benzene rings is 1. The first kappa shape index (κ1) is 19.6. The van der Waals surface area contributed by atoms with Crippen LogP contribution >= 0.6 is 34.4 Å². The van der Waals surface area contributed by atoms with E-state index in [1.54, 1.807) is 23.5 Å². The molecule has 1 aromatic carbocycles. The molecule has 2 aromatic heterocycles. The van der Waals surface area contributed by atoms with Crippen LogP contribution in [0, 0.1) is 0 Å². The minimum absolute atomic E-state index is 0.0270. The molecule has 3 N–H and O–H groups in total. The van der Waals surface area contributed by atoms with Gasteiger partial charge in [0.25, 0.3) is 0 Å². The maximum absolute atomic E-state index is 12.1. The summed E-state index contributed by atoms with van der Waals surface area (Å²) < 4.78 is 0. The fourth-order valence-electron chi connectivity index (χ4n) is 2.38. The number of rotatable bonds is 6. The summed E-state index contributed by atoms with van der Waals surface area (Å²) in [5, 5.41) is 17.4. The Labute approximate surface area is 169 Å². The molecule has 2 heterocycles. The highest BCUT2D eigenvalue weighted by Crippen LogP contribution is 2.33. The van der Waals surface area contributed by atoms with Gasteiger partial charge in [0, 0.05) is 26.1 Å². The molecular formula is C19H18N2O3S3. The van der Waals surface area contributed by atoms with Crippen molar-refractivity contribution in [1.82, 2.24) is 5.32 Å². The minimum Gasteiger partial charge on any atom is -0.386 e. The molecule has 0 saturated carbocycles. The summed E-state index contributed by atoms with van der Waals surface area (Å²) in [4.78, 5) is 27.9. The van der Waals surface area contributed by atoms with E-state index in [1.807, 2.05) is 48.0 Å². The second-order valence-electron chi connectivity index (χ2n) is 5.56. The maximum Gasteiger partial charge on any atom is 0.313 e. The van der Waals surface area contributed by atoms with E-state index in [2.05, 4.69) is 10.6 Å².